The fourth-order valence-electron chi connectivity index (χ4n) is 1.78. The summed E-state index contributed by atoms with van der Waals surface area (Å²) in [6, 6.07) is 5.59. The zero-order chi connectivity index (χ0) is 16.3. The molecule has 2 N–H and O–H groups in total. The molecule has 2 aromatic rings. The first kappa shape index (κ1) is 16.6. The van der Waals surface area contributed by atoms with Gasteiger partial charge in [0, 0.05) is 12.7 Å². The smallest absolute Gasteiger partial charge is 0.263 e. The minimum absolute atomic E-state index is 0.208. The molecule has 0 aliphatic carbocycles. The highest BCUT2D eigenvalue weighted by atomic mass is 32.1. The van der Waals surface area contributed by atoms with Crippen LogP contribution in [-0.4, -0.2) is 33.6 Å². The third kappa shape index (κ3) is 3.90. The van der Waals surface area contributed by atoms with Crippen molar-refractivity contribution in [1.82, 2.24) is 15.3 Å². The van der Waals surface area contributed by atoms with E-state index >= 15 is 0 Å². The van der Waals surface area contributed by atoms with E-state index in [1.165, 1.54) is 11.3 Å². The number of nitrogens with zero attached hydrogens (tertiary/aromatic N) is 2. The van der Waals surface area contributed by atoms with Gasteiger partial charge in [0.1, 0.15) is 9.88 Å². The van der Waals surface area contributed by atoms with Crippen molar-refractivity contribution in [2.45, 2.75) is 33.8 Å². The number of carbonyl (C=O) groups is 1. The van der Waals surface area contributed by atoms with Gasteiger partial charge in [0.05, 0.1) is 17.5 Å². The normalized spacial score (nSPS) is 13.0. The summed E-state index contributed by atoms with van der Waals surface area (Å²) in [4.78, 5) is 21.5. The number of carbonyl (C=O) groups excluding carboxylic acids is 1. The summed E-state index contributed by atoms with van der Waals surface area (Å²) in [5, 5.41) is 13.5. The van der Waals surface area contributed by atoms with Crippen molar-refractivity contribution in [3.8, 4) is 10.7 Å². The second-order valence-corrected chi connectivity index (χ2v) is 7.24. The number of hydrogen-bond donors (Lipinski definition) is 2. The summed E-state index contributed by atoms with van der Waals surface area (Å²) in [6.45, 7) is 7.82. The first-order chi connectivity index (χ1) is 10.3. The van der Waals surface area contributed by atoms with Gasteiger partial charge in [0.25, 0.3) is 5.91 Å². The molecule has 0 radical (unpaired) electrons. The SMILES string of the molecule is Cc1nc(-c2ccccn2)sc1C(=O)NCC(O)C(C)(C)C. The lowest BCUT2D eigenvalue weighted by molar-refractivity contribution is 0.0588. The molecule has 2 heterocycles. The number of amides is 1. The predicted molar refractivity (Wildman–Crippen MR) is 87.9 cm³/mol. The zero-order valence-electron chi connectivity index (χ0n) is 13.3. The minimum Gasteiger partial charge on any atom is -0.391 e. The Hall–Kier alpha value is -1.79. The van der Waals surface area contributed by atoms with Crippen LogP contribution in [0.5, 0.6) is 0 Å². The van der Waals surface area contributed by atoms with Crippen LogP contribution in [0.15, 0.2) is 24.4 Å². The Labute approximate surface area is 134 Å². The number of aliphatic hydroxyl groups is 1. The molecule has 0 saturated heterocycles. The molecule has 2 aromatic heterocycles. The summed E-state index contributed by atoms with van der Waals surface area (Å²) in [5.74, 6) is -0.208. The van der Waals surface area contributed by atoms with Crippen molar-refractivity contribution in [3.63, 3.8) is 0 Å². The van der Waals surface area contributed by atoms with Gasteiger partial charge in [-0.05, 0) is 24.5 Å². The van der Waals surface area contributed by atoms with Crippen LogP contribution in [0.3, 0.4) is 0 Å². The van der Waals surface area contributed by atoms with Crippen molar-refractivity contribution in [3.05, 3.63) is 35.0 Å². The van der Waals surface area contributed by atoms with Crippen LogP contribution in [0.25, 0.3) is 10.7 Å². The van der Waals surface area contributed by atoms with Crippen LogP contribution >= 0.6 is 11.3 Å². The predicted octanol–water partition coefficient (Wildman–Crippen LogP) is 2.65. The van der Waals surface area contributed by atoms with Crippen molar-refractivity contribution >= 4 is 17.2 Å². The van der Waals surface area contributed by atoms with Crippen molar-refractivity contribution in [1.29, 1.82) is 0 Å². The Kier molecular flexibility index (Phi) is 4.93. The number of aromatic nitrogens is 2. The largest absolute Gasteiger partial charge is 0.391 e. The van der Waals surface area contributed by atoms with E-state index < -0.39 is 6.10 Å². The van der Waals surface area contributed by atoms with E-state index in [0.717, 1.165) is 10.7 Å². The summed E-state index contributed by atoms with van der Waals surface area (Å²) < 4.78 is 0. The number of pyridine rings is 1. The van der Waals surface area contributed by atoms with Gasteiger partial charge in [-0.3, -0.25) is 9.78 Å². The number of aliphatic hydroxyl groups excluding tert-OH is 1. The average molecular weight is 319 g/mol. The van der Waals surface area contributed by atoms with Crippen LogP contribution in [0.1, 0.15) is 36.1 Å². The molecule has 0 aromatic carbocycles. The van der Waals surface area contributed by atoms with E-state index in [0.29, 0.717) is 10.6 Å². The van der Waals surface area contributed by atoms with Crippen LogP contribution in [0.2, 0.25) is 0 Å². The maximum atomic E-state index is 12.3. The van der Waals surface area contributed by atoms with E-state index in [1.807, 2.05) is 39.0 Å². The summed E-state index contributed by atoms with van der Waals surface area (Å²) in [6.07, 6.45) is 1.10. The first-order valence-corrected chi connectivity index (χ1v) is 7.96. The molecular weight excluding hydrogens is 298 g/mol. The number of rotatable bonds is 4. The monoisotopic (exact) mass is 319 g/mol. The molecule has 0 aliphatic heterocycles. The molecule has 5 nitrogen and oxygen atoms in total. The number of thiazole rings is 1. The van der Waals surface area contributed by atoms with Gasteiger partial charge in [-0.1, -0.05) is 26.8 Å². The van der Waals surface area contributed by atoms with E-state index in [-0.39, 0.29) is 17.9 Å². The van der Waals surface area contributed by atoms with Gasteiger partial charge in [-0.15, -0.1) is 11.3 Å². The summed E-state index contributed by atoms with van der Waals surface area (Å²) in [7, 11) is 0. The van der Waals surface area contributed by atoms with Crippen LogP contribution in [0.4, 0.5) is 0 Å². The maximum absolute atomic E-state index is 12.3. The molecule has 1 unspecified atom stereocenters. The topological polar surface area (TPSA) is 75.1 Å². The van der Waals surface area contributed by atoms with Gasteiger partial charge in [-0.25, -0.2) is 4.98 Å². The number of aryl methyl sites for hydroxylation is 1. The molecule has 2 rings (SSSR count). The van der Waals surface area contributed by atoms with Gasteiger partial charge in [0.15, 0.2) is 0 Å². The zero-order valence-corrected chi connectivity index (χ0v) is 14.1. The molecule has 1 atom stereocenters. The summed E-state index contributed by atoms with van der Waals surface area (Å²) in [5.41, 5.74) is 1.16. The molecule has 0 spiro atoms. The van der Waals surface area contributed by atoms with Crippen molar-refractivity contribution in [2.24, 2.45) is 5.41 Å². The van der Waals surface area contributed by atoms with Crippen molar-refractivity contribution < 1.29 is 9.90 Å². The summed E-state index contributed by atoms with van der Waals surface area (Å²) >= 11 is 1.31. The molecule has 1 amide bonds. The fraction of sp³-hybridized carbons (Fsp3) is 0.438. The fourth-order valence-corrected chi connectivity index (χ4v) is 2.74. The molecule has 22 heavy (non-hydrogen) atoms. The highest BCUT2D eigenvalue weighted by Gasteiger charge is 2.23. The molecule has 0 aliphatic rings. The van der Waals surface area contributed by atoms with E-state index in [1.54, 1.807) is 13.1 Å². The number of hydrogen-bond acceptors (Lipinski definition) is 5. The second-order valence-electron chi connectivity index (χ2n) is 6.24. The highest BCUT2D eigenvalue weighted by molar-refractivity contribution is 7.17. The first-order valence-electron chi connectivity index (χ1n) is 7.14. The van der Waals surface area contributed by atoms with Gasteiger partial charge < -0.3 is 10.4 Å². The van der Waals surface area contributed by atoms with Gasteiger partial charge >= 0.3 is 0 Å². The second kappa shape index (κ2) is 6.54. The quantitative estimate of drug-likeness (QED) is 0.908. The Morgan fingerprint density at radius 3 is 2.73 bits per heavy atom. The molecule has 0 bridgehead atoms. The standard InChI is InChI=1S/C16H21N3O2S/c1-10-13(14(21)18-9-12(20)16(2,3)4)22-15(19-10)11-7-5-6-8-17-11/h5-8,12,20H,9H2,1-4H3,(H,18,21). The lowest BCUT2D eigenvalue weighted by Gasteiger charge is -2.25. The third-order valence-corrected chi connectivity index (χ3v) is 4.52. The molecule has 0 saturated carbocycles. The molecule has 0 fully saturated rings. The van der Waals surface area contributed by atoms with Crippen LogP contribution in [-0.2, 0) is 0 Å². The Morgan fingerprint density at radius 2 is 2.14 bits per heavy atom. The lowest BCUT2D eigenvalue weighted by Crippen LogP contribution is -2.39. The Morgan fingerprint density at radius 1 is 1.41 bits per heavy atom. The van der Waals surface area contributed by atoms with Crippen LogP contribution in [0, 0.1) is 12.3 Å². The Balaban J connectivity index is 2.10. The maximum Gasteiger partial charge on any atom is 0.263 e. The molecule has 118 valence electrons. The lowest BCUT2D eigenvalue weighted by atomic mass is 9.89. The van der Waals surface area contributed by atoms with E-state index in [2.05, 4.69) is 15.3 Å². The highest BCUT2D eigenvalue weighted by Crippen LogP contribution is 2.26. The third-order valence-electron chi connectivity index (χ3n) is 3.34. The van der Waals surface area contributed by atoms with Crippen LogP contribution < -0.4 is 5.32 Å². The average Bonchev–Trinajstić information content (AvgIpc) is 2.86. The van der Waals surface area contributed by atoms with Gasteiger partial charge in [0.2, 0.25) is 0 Å². The number of nitrogens with one attached hydrogen (secondary N) is 1. The molecular formula is C16H21N3O2S. The van der Waals surface area contributed by atoms with E-state index in [4.69, 9.17) is 0 Å². The van der Waals surface area contributed by atoms with Crippen molar-refractivity contribution in [2.75, 3.05) is 6.54 Å². The minimum atomic E-state index is -0.597. The van der Waals surface area contributed by atoms with E-state index in [9.17, 15) is 9.90 Å². The molecule has 6 heteroatoms. The Bertz CT molecular complexity index is 647. The van der Waals surface area contributed by atoms with Gasteiger partial charge in [-0.2, -0.15) is 0 Å².